The number of hydrogen-bond acceptors (Lipinski definition) is 4. The van der Waals surface area contributed by atoms with E-state index >= 15 is 0 Å². The first-order chi connectivity index (χ1) is 15.2. The quantitative estimate of drug-likeness (QED) is 0.658. The molecule has 1 aromatic heterocycles. The number of H-pyrrole nitrogens is 1. The van der Waals surface area contributed by atoms with Gasteiger partial charge in [-0.1, -0.05) is 26.0 Å². The first-order valence-electron chi connectivity index (χ1n) is 11.0. The summed E-state index contributed by atoms with van der Waals surface area (Å²) in [5.74, 6) is -0.00467. The fourth-order valence-corrected chi connectivity index (χ4v) is 5.93. The fourth-order valence-electron chi connectivity index (χ4n) is 4.95. The molecule has 1 atom stereocenters. The summed E-state index contributed by atoms with van der Waals surface area (Å²) in [6.07, 6.45) is 0. The third kappa shape index (κ3) is 3.14. The molecule has 2 aromatic carbocycles. The average molecular weight is 452 g/mol. The van der Waals surface area contributed by atoms with Crippen LogP contribution in [0.25, 0.3) is 10.9 Å². The third-order valence-electron chi connectivity index (χ3n) is 6.69. The van der Waals surface area contributed by atoms with Crippen molar-refractivity contribution in [3.05, 3.63) is 58.3 Å². The molecule has 1 N–H and O–H groups in total. The van der Waals surface area contributed by atoms with E-state index in [1.807, 2.05) is 18.2 Å². The van der Waals surface area contributed by atoms with Crippen LogP contribution in [-0.4, -0.2) is 59.7 Å². The molecular weight excluding hydrogens is 422 g/mol. The van der Waals surface area contributed by atoms with Gasteiger partial charge in [0, 0.05) is 40.7 Å². The lowest BCUT2D eigenvalue weighted by molar-refractivity contribution is 0.103. The maximum absolute atomic E-state index is 13.8. The van der Waals surface area contributed by atoms with Gasteiger partial charge in [-0.05, 0) is 50.3 Å². The number of hydrogen-bond donors (Lipinski definition) is 1. The lowest BCUT2D eigenvalue weighted by atomic mass is 9.71. The molecule has 6 nitrogen and oxygen atoms in total. The number of aromatic amines is 1. The van der Waals surface area contributed by atoms with Gasteiger partial charge < -0.3 is 14.6 Å². The Balaban J connectivity index is 1.77. The largest absolute Gasteiger partial charge is 0.378 e. The topological polar surface area (TPSA) is 65.6 Å². The van der Waals surface area contributed by atoms with Crippen LogP contribution < -0.4 is 4.90 Å². The van der Waals surface area contributed by atoms with Crippen LogP contribution in [0.1, 0.15) is 46.6 Å². The average Bonchev–Trinajstić information content (AvgIpc) is 3.16. The summed E-state index contributed by atoms with van der Waals surface area (Å²) in [6.45, 7) is 9.12. The molecule has 1 unspecified atom stereocenters. The normalized spacial score (nSPS) is 18.7. The molecule has 1 saturated heterocycles. The van der Waals surface area contributed by atoms with Gasteiger partial charge in [0.2, 0.25) is 0 Å². The molecule has 3 aromatic rings. The number of rotatable bonds is 3. The molecule has 2 aliphatic rings. The summed E-state index contributed by atoms with van der Waals surface area (Å²) >= 11 is 0. The van der Waals surface area contributed by atoms with Gasteiger partial charge in [-0.25, -0.2) is 8.51 Å². The molecule has 0 spiro atoms. The van der Waals surface area contributed by atoms with Crippen molar-refractivity contribution in [3.8, 4) is 0 Å². The minimum absolute atomic E-state index is 0.00467. The lowest BCUT2D eigenvalue weighted by Gasteiger charge is -2.36. The summed E-state index contributed by atoms with van der Waals surface area (Å²) < 4.78 is 20.5. The van der Waals surface area contributed by atoms with Gasteiger partial charge in [-0.15, -0.1) is 0 Å². The van der Waals surface area contributed by atoms with Crippen molar-refractivity contribution >= 4 is 33.4 Å². The van der Waals surface area contributed by atoms with Crippen molar-refractivity contribution in [1.82, 2.24) is 9.29 Å². The van der Waals surface area contributed by atoms with E-state index in [0.717, 1.165) is 52.1 Å². The van der Waals surface area contributed by atoms with E-state index in [0.29, 0.717) is 23.7 Å². The first-order valence-corrected chi connectivity index (χ1v) is 12.1. The second kappa shape index (κ2) is 7.54. The van der Waals surface area contributed by atoms with Crippen molar-refractivity contribution in [2.24, 2.45) is 0 Å². The molecule has 168 valence electrons. The zero-order valence-corrected chi connectivity index (χ0v) is 20.1. The van der Waals surface area contributed by atoms with Crippen LogP contribution in [0.2, 0.25) is 0 Å². The van der Waals surface area contributed by atoms with E-state index in [1.54, 1.807) is 18.4 Å². The maximum Gasteiger partial charge on any atom is 0.195 e. The van der Waals surface area contributed by atoms with Crippen LogP contribution in [0, 0.1) is 6.92 Å². The van der Waals surface area contributed by atoms with Crippen molar-refractivity contribution in [3.63, 3.8) is 0 Å². The highest BCUT2D eigenvalue weighted by molar-refractivity contribution is 7.82. The number of nitrogens with one attached hydrogen (secondary N) is 1. The summed E-state index contributed by atoms with van der Waals surface area (Å²) in [5, 5.41) is 0.946. The molecule has 0 amide bonds. The summed E-state index contributed by atoms with van der Waals surface area (Å²) in [5.41, 5.74) is 5.96. The number of carbonyl (C=O) groups excluding carboxylic acids is 1. The minimum Gasteiger partial charge on any atom is -0.378 e. The van der Waals surface area contributed by atoms with Crippen LogP contribution in [0.5, 0.6) is 0 Å². The Labute approximate surface area is 191 Å². The van der Waals surface area contributed by atoms with Crippen LogP contribution in [0.4, 0.5) is 5.69 Å². The Bertz CT molecular complexity index is 1270. The van der Waals surface area contributed by atoms with Gasteiger partial charge in [0.05, 0.1) is 29.4 Å². The minimum atomic E-state index is -1.37. The molecule has 0 radical (unpaired) electrons. The molecule has 1 fully saturated rings. The number of ketones is 1. The molecule has 5 rings (SSSR count). The first kappa shape index (κ1) is 21.4. The van der Waals surface area contributed by atoms with Gasteiger partial charge in [0.25, 0.3) is 0 Å². The Morgan fingerprint density at radius 2 is 1.84 bits per heavy atom. The zero-order valence-electron chi connectivity index (χ0n) is 19.2. The van der Waals surface area contributed by atoms with E-state index in [-0.39, 0.29) is 5.78 Å². The van der Waals surface area contributed by atoms with Crippen LogP contribution in [0.3, 0.4) is 0 Å². The van der Waals surface area contributed by atoms with Crippen molar-refractivity contribution < 1.29 is 13.7 Å². The number of ether oxygens (including phenoxy) is 1. The highest BCUT2D eigenvalue weighted by Crippen LogP contribution is 2.46. The van der Waals surface area contributed by atoms with Crippen LogP contribution >= 0.6 is 0 Å². The van der Waals surface area contributed by atoms with Crippen LogP contribution in [0.15, 0.2) is 35.2 Å². The molecule has 2 heterocycles. The highest BCUT2D eigenvalue weighted by Gasteiger charge is 2.41. The van der Waals surface area contributed by atoms with Crippen molar-refractivity contribution in [1.29, 1.82) is 0 Å². The number of aromatic nitrogens is 1. The van der Waals surface area contributed by atoms with E-state index < -0.39 is 16.4 Å². The van der Waals surface area contributed by atoms with Gasteiger partial charge in [-0.3, -0.25) is 4.79 Å². The number of aryl methyl sites for hydroxylation is 1. The number of morpholine rings is 1. The van der Waals surface area contributed by atoms with E-state index in [4.69, 9.17) is 4.74 Å². The highest BCUT2D eigenvalue weighted by atomic mass is 32.2. The SMILES string of the molecule is Cc1ccc2c3c([nH]c2c1)C(C)(C)c1cc(N2CCOCC2)c(S(=O)N(C)C)cc1C3=O. The number of carbonyl (C=O) groups is 1. The van der Waals surface area contributed by atoms with Gasteiger partial charge in [-0.2, -0.15) is 0 Å². The maximum atomic E-state index is 13.8. The molecule has 1 aliphatic heterocycles. The fraction of sp³-hybridized carbons (Fsp3) is 0.400. The lowest BCUT2D eigenvalue weighted by Crippen LogP contribution is -2.38. The predicted molar refractivity (Wildman–Crippen MR) is 128 cm³/mol. The van der Waals surface area contributed by atoms with Crippen molar-refractivity contribution in [2.45, 2.75) is 31.1 Å². The smallest absolute Gasteiger partial charge is 0.195 e. The predicted octanol–water partition coefficient (Wildman–Crippen LogP) is 3.77. The van der Waals surface area contributed by atoms with Gasteiger partial charge in [0.1, 0.15) is 11.0 Å². The zero-order chi connectivity index (χ0) is 22.8. The number of fused-ring (bicyclic) bond motifs is 4. The Hall–Kier alpha value is -2.48. The summed E-state index contributed by atoms with van der Waals surface area (Å²) in [7, 11) is 2.22. The molecule has 0 bridgehead atoms. The standard InChI is InChI=1S/C25H29N3O3S/c1-15-6-7-16-19(12-15)26-24-22(16)23(29)17-13-21(32(30)27(4)5)20(14-18(17)25(24,2)3)28-8-10-31-11-9-28/h6-7,12-14,26H,8-11H2,1-5H3. The second-order valence-electron chi connectivity index (χ2n) is 9.40. The Morgan fingerprint density at radius 1 is 1.12 bits per heavy atom. The van der Waals surface area contributed by atoms with Crippen LogP contribution in [-0.2, 0) is 21.1 Å². The molecule has 7 heteroatoms. The molecule has 32 heavy (non-hydrogen) atoms. The molecule has 0 saturated carbocycles. The van der Waals surface area contributed by atoms with E-state index in [9.17, 15) is 9.00 Å². The Kier molecular flexibility index (Phi) is 5.04. The Morgan fingerprint density at radius 3 is 2.53 bits per heavy atom. The van der Waals surface area contributed by atoms with E-state index in [2.05, 4.69) is 42.8 Å². The second-order valence-corrected chi connectivity index (χ2v) is 11.1. The number of benzene rings is 2. The number of nitrogens with zero attached hydrogens (tertiary/aromatic N) is 2. The third-order valence-corrected chi connectivity index (χ3v) is 8.06. The summed E-state index contributed by atoms with van der Waals surface area (Å²) in [4.78, 5) is 20.3. The number of anilines is 1. The van der Waals surface area contributed by atoms with Gasteiger partial charge >= 0.3 is 0 Å². The molecular formula is C25H29N3O3S. The van der Waals surface area contributed by atoms with Crippen molar-refractivity contribution in [2.75, 3.05) is 45.3 Å². The monoisotopic (exact) mass is 451 g/mol. The molecule has 1 aliphatic carbocycles. The van der Waals surface area contributed by atoms with Gasteiger partial charge in [0.15, 0.2) is 5.78 Å². The van der Waals surface area contributed by atoms with E-state index in [1.165, 1.54) is 0 Å². The summed E-state index contributed by atoms with van der Waals surface area (Å²) in [6, 6.07) is 10.1.